The van der Waals surface area contributed by atoms with Crippen LogP contribution in [-0.2, 0) is 10.0 Å². The molecule has 2 saturated heterocycles. The Morgan fingerprint density at radius 3 is 2.62 bits per heavy atom. The highest BCUT2D eigenvalue weighted by atomic mass is 32.2. The van der Waals surface area contributed by atoms with Crippen LogP contribution in [0, 0.1) is 5.41 Å². The fraction of sp³-hybridized carbons (Fsp3) is 0.619. The molecule has 0 radical (unpaired) electrons. The minimum atomic E-state index is -3.12. The van der Waals surface area contributed by atoms with E-state index in [1.54, 1.807) is 12.3 Å². The first-order valence-corrected chi connectivity index (χ1v) is 12.2. The third kappa shape index (κ3) is 4.98. The summed E-state index contributed by atoms with van der Waals surface area (Å²) < 4.78 is 24.9. The number of sulfonamides is 1. The van der Waals surface area contributed by atoms with Gasteiger partial charge < -0.3 is 10.2 Å². The molecular weight excluding hydrogens is 386 g/mol. The number of anilines is 1. The van der Waals surface area contributed by atoms with Crippen LogP contribution < -0.4 is 5.32 Å². The van der Waals surface area contributed by atoms with Crippen LogP contribution in [0.5, 0.6) is 0 Å². The van der Waals surface area contributed by atoms with E-state index in [9.17, 15) is 8.42 Å². The summed E-state index contributed by atoms with van der Waals surface area (Å²) in [6, 6.07) is 0.152. The van der Waals surface area contributed by atoms with E-state index in [1.165, 1.54) is 10.6 Å². The Balaban J connectivity index is 1.71. The van der Waals surface area contributed by atoms with E-state index in [-0.39, 0.29) is 6.04 Å². The molecule has 0 spiro atoms. The lowest BCUT2D eigenvalue weighted by molar-refractivity contribution is 0.320. The highest BCUT2D eigenvalue weighted by Crippen LogP contribution is 2.37. The Hall–Kier alpha value is -1.93. The minimum Gasteiger partial charge on any atom is -0.370 e. The van der Waals surface area contributed by atoms with E-state index in [0.717, 1.165) is 55.7 Å². The molecule has 0 saturated carbocycles. The van der Waals surface area contributed by atoms with Crippen molar-refractivity contribution < 1.29 is 8.42 Å². The second kappa shape index (κ2) is 8.44. The maximum atomic E-state index is 11.7. The molecule has 0 amide bonds. The molecule has 1 N–H and O–H groups in total. The van der Waals surface area contributed by atoms with E-state index in [0.29, 0.717) is 24.5 Å². The second-order valence-electron chi connectivity index (χ2n) is 8.56. The topological polar surface area (TPSA) is 78.4 Å². The van der Waals surface area contributed by atoms with Gasteiger partial charge in [0.2, 0.25) is 16.0 Å². The van der Waals surface area contributed by atoms with Gasteiger partial charge in [0.05, 0.1) is 17.6 Å². The van der Waals surface area contributed by atoms with Gasteiger partial charge in [0.25, 0.3) is 0 Å². The van der Waals surface area contributed by atoms with Gasteiger partial charge in [0.15, 0.2) is 0 Å². The summed E-state index contributed by atoms with van der Waals surface area (Å²) in [5.41, 5.74) is 2.91. The Morgan fingerprint density at radius 2 is 2.07 bits per heavy atom. The molecular formula is C21H33N5O2S. The maximum Gasteiger partial charge on any atom is 0.223 e. The standard InChI is InChI=1S/C21H33N5O2S/c1-6-17-14-22-20(23-18-8-11-26(12-9-18)29(5,27)28)24-19(17)16(3)25-13-10-21(4,7-2)15-25/h6,14,18H,1,3,7-13,15H2,2,4-5H3,(H,22,23,24). The average molecular weight is 420 g/mol. The van der Waals surface area contributed by atoms with Gasteiger partial charge in [-0.3, -0.25) is 0 Å². The van der Waals surface area contributed by atoms with Crippen LogP contribution in [0.3, 0.4) is 0 Å². The van der Waals surface area contributed by atoms with Gasteiger partial charge in [0.1, 0.15) is 0 Å². The number of hydrogen-bond donors (Lipinski definition) is 1. The third-order valence-electron chi connectivity index (χ3n) is 6.36. The van der Waals surface area contributed by atoms with Crippen LogP contribution in [0.4, 0.5) is 5.95 Å². The monoisotopic (exact) mass is 419 g/mol. The van der Waals surface area contributed by atoms with Gasteiger partial charge in [-0.15, -0.1) is 0 Å². The number of piperidine rings is 1. The Bertz CT molecular complexity index is 877. The molecule has 1 aromatic heterocycles. The van der Waals surface area contributed by atoms with Crippen LogP contribution >= 0.6 is 0 Å². The summed E-state index contributed by atoms with van der Waals surface area (Å²) in [5, 5.41) is 3.38. The van der Waals surface area contributed by atoms with Crippen molar-refractivity contribution in [1.29, 1.82) is 0 Å². The molecule has 8 heteroatoms. The largest absolute Gasteiger partial charge is 0.370 e. The van der Waals surface area contributed by atoms with Crippen LogP contribution in [0.1, 0.15) is 50.8 Å². The quantitative estimate of drug-likeness (QED) is 0.732. The number of aromatic nitrogens is 2. The zero-order chi connectivity index (χ0) is 21.2. The van der Waals surface area contributed by atoms with Crippen molar-refractivity contribution >= 4 is 27.7 Å². The first-order chi connectivity index (χ1) is 13.6. The first kappa shape index (κ1) is 21.8. The number of nitrogens with zero attached hydrogens (tertiary/aromatic N) is 4. The predicted octanol–water partition coefficient (Wildman–Crippen LogP) is 3.05. The number of nitrogens with one attached hydrogen (secondary N) is 1. The molecule has 3 heterocycles. The van der Waals surface area contributed by atoms with Gasteiger partial charge in [-0.1, -0.05) is 33.1 Å². The van der Waals surface area contributed by atoms with E-state index >= 15 is 0 Å². The third-order valence-corrected chi connectivity index (χ3v) is 7.66. The Kier molecular flexibility index (Phi) is 6.33. The molecule has 0 aliphatic carbocycles. The van der Waals surface area contributed by atoms with Gasteiger partial charge in [-0.05, 0) is 31.1 Å². The predicted molar refractivity (Wildman–Crippen MR) is 119 cm³/mol. The van der Waals surface area contributed by atoms with E-state index in [4.69, 9.17) is 4.98 Å². The fourth-order valence-corrected chi connectivity index (χ4v) is 4.92. The summed E-state index contributed by atoms with van der Waals surface area (Å²) in [4.78, 5) is 11.5. The Labute approximate surface area is 175 Å². The van der Waals surface area contributed by atoms with Crippen LogP contribution in [0.15, 0.2) is 19.4 Å². The van der Waals surface area contributed by atoms with Crippen molar-refractivity contribution in [2.24, 2.45) is 5.41 Å². The minimum absolute atomic E-state index is 0.152. The molecule has 0 aromatic carbocycles. The van der Waals surface area contributed by atoms with Crippen molar-refractivity contribution in [2.75, 3.05) is 37.8 Å². The fourth-order valence-electron chi connectivity index (χ4n) is 4.05. The van der Waals surface area contributed by atoms with Crippen LogP contribution in [0.2, 0.25) is 0 Å². The van der Waals surface area contributed by atoms with Gasteiger partial charge in [-0.25, -0.2) is 22.7 Å². The maximum absolute atomic E-state index is 11.7. The van der Waals surface area contributed by atoms with Gasteiger partial charge in [0, 0.05) is 44.0 Å². The Morgan fingerprint density at radius 1 is 1.38 bits per heavy atom. The molecule has 2 aliphatic rings. The second-order valence-corrected chi connectivity index (χ2v) is 10.5. The lowest BCUT2D eigenvalue weighted by Crippen LogP contribution is -2.42. The SMILES string of the molecule is C=Cc1cnc(NC2CCN(S(C)(=O)=O)CC2)nc1C(=C)N1CCC(C)(CC)C1. The molecule has 29 heavy (non-hydrogen) atoms. The van der Waals surface area contributed by atoms with Gasteiger partial charge >= 0.3 is 0 Å². The van der Waals surface area contributed by atoms with E-state index in [1.807, 2.05) is 0 Å². The lowest BCUT2D eigenvalue weighted by Gasteiger charge is -2.31. The number of likely N-dealkylation sites (tertiary alicyclic amines) is 1. The molecule has 3 rings (SSSR count). The highest BCUT2D eigenvalue weighted by molar-refractivity contribution is 7.88. The highest BCUT2D eigenvalue weighted by Gasteiger charge is 2.33. The van der Waals surface area contributed by atoms with Crippen molar-refractivity contribution in [1.82, 2.24) is 19.2 Å². The van der Waals surface area contributed by atoms with E-state index < -0.39 is 10.0 Å². The van der Waals surface area contributed by atoms with Crippen LogP contribution in [0.25, 0.3) is 11.8 Å². The molecule has 1 atom stereocenters. The molecule has 1 unspecified atom stereocenters. The summed E-state index contributed by atoms with van der Waals surface area (Å²) in [5.74, 6) is 0.557. The van der Waals surface area contributed by atoms with Gasteiger partial charge in [-0.2, -0.15) is 0 Å². The zero-order valence-corrected chi connectivity index (χ0v) is 18.6. The van der Waals surface area contributed by atoms with Crippen molar-refractivity contribution in [3.8, 4) is 0 Å². The normalized spacial score (nSPS) is 23.9. The summed E-state index contributed by atoms with van der Waals surface area (Å²) in [6.07, 6.45) is 8.58. The number of rotatable bonds is 7. The summed E-state index contributed by atoms with van der Waals surface area (Å²) in [7, 11) is -3.12. The molecule has 0 bridgehead atoms. The smallest absolute Gasteiger partial charge is 0.223 e. The first-order valence-electron chi connectivity index (χ1n) is 10.3. The average Bonchev–Trinajstić information content (AvgIpc) is 3.10. The summed E-state index contributed by atoms with van der Waals surface area (Å²) in [6.45, 7) is 15.8. The van der Waals surface area contributed by atoms with Crippen molar-refractivity contribution in [3.63, 3.8) is 0 Å². The molecule has 2 fully saturated rings. The molecule has 1 aromatic rings. The summed E-state index contributed by atoms with van der Waals surface area (Å²) >= 11 is 0. The zero-order valence-electron chi connectivity index (χ0n) is 17.8. The van der Waals surface area contributed by atoms with Crippen LogP contribution in [-0.4, -0.2) is 66.1 Å². The van der Waals surface area contributed by atoms with Crippen molar-refractivity contribution in [2.45, 2.75) is 45.6 Å². The molecule has 160 valence electrons. The lowest BCUT2D eigenvalue weighted by atomic mass is 9.87. The van der Waals surface area contributed by atoms with E-state index in [2.05, 4.69) is 42.2 Å². The number of hydrogen-bond acceptors (Lipinski definition) is 6. The molecule has 7 nitrogen and oxygen atoms in total. The molecule has 2 aliphatic heterocycles. The van der Waals surface area contributed by atoms with Crippen molar-refractivity contribution in [3.05, 3.63) is 30.6 Å².